The molecule has 0 aliphatic carbocycles. The summed E-state index contributed by atoms with van der Waals surface area (Å²) < 4.78 is 7.24. The third kappa shape index (κ3) is 5.67. The molecule has 0 bridgehead atoms. The van der Waals surface area contributed by atoms with Gasteiger partial charge in [-0.15, -0.1) is 10.2 Å². The summed E-state index contributed by atoms with van der Waals surface area (Å²) in [6.45, 7) is 5.80. The van der Waals surface area contributed by atoms with Gasteiger partial charge >= 0.3 is 0 Å². The molecule has 7 nitrogen and oxygen atoms in total. The van der Waals surface area contributed by atoms with Crippen molar-refractivity contribution in [2.75, 3.05) is 19.5 Å². The summed E-state index contributed by atoms with van der Waals surface area (Å²) in [6, 6.07) is 13.9. The van der Waals surface area contributed by atoms with Crippen molar-refractivity contribution >= 4 is 17.7 Å². The van der Waals surface area contributed by atoms with E-state index in [1.807, 2.05) is 65.8 Å². The van der Waals surface area contributed by atoms with E-state index in [1.165, 1.54) is 11.8 Å². The molecule has 0 aliphatic heterocycles. The van der Waals surface area contributed by atoms with Crippen molar-refractivity contribution in [3.8, 4) is 11.4 Å². The standard InChI is InChI=1S/C22H27N5O2S/c1-17(2)27(15-18-7-5-4-6-8-18)20(28)16-30-22-25-24-21(26(22)13-14-29-3)19-9-11-23-12-10-19/h4-12,17H,13-16H2,1-3H3. The van der Waals surface area contributed by atoms with Gasteiger partial charge in [-0.05, 0) is 31.5 Å². The van der Waals surface area contributed by atoms with Gasteiger partial charge in [0.25, 0.3) is 0 Å². The average molecular weight is 426 g/mol. The molecule has 0 unspecified atom stereocenters. The van der Waals surface area contributed by atoms with Gasteiger partial charge in [-0.3, -0.25) is 14.3 Å². The molecule has 0 saturated carbocycles. The highest BCUT2D eigenvalue weighted by molar-refractivity contribution is 7.99. The fourth-order valence-electron chi connectivity index (χ4n) is 3.04. The fourth-order valence-corrected chi connectivity index (χ4v) is 3.89. The molecular weight excluding hydrogens is 398 g/mol. The minimum absolute atomic E-state index is 0.0746. The van der Waals surface area contributed by atoms with Crippen LogP contribution in [0.25, 0.3) is 11.4 Å². The van der Waals surface area contributed by atoms with Crippen LogP contribution in [0.15, 0.2) is 60.0 Å². The second-order valence-corrected chi connectivity index (χ2v) is 8.02. The van der Waals surface area contributed by atoms with E-state index in [0.717, 1.165) is 17.0 Å². The number of thioether (sulfide) groups is 1. The Bertz CT molecular complexity index is 931. The van der Waals surface area contributed by atoms with Crippen LogP contribution in [-0.4, -0.2) is 56.1 Å². The van der Waals surface area contributed by atoms with Crippen LogP contribution < -0.4 is 0 Å². The molecule has 30 heavy (non-hydrogen) atoms. The number of hydrogen-bond acceptors (Lipinski definition) is 6. The number of carbonyl (C=O) groups excluding carboxylic acids is 1. The number of ether oxygens (including phenoxy) is 1. The lowest BCUT2D eigenvalue weighted by Gasteiger charge is -2.26. The molecule has 3 aromatic rings. The first kappa shape index (κ1) is 22.0. The normalized spacial score (nSPS) is 11.1. The van der Waals surface area contributed by atoms with E-state index in [0.29, 0.717) is 30.6 Å². The highest BCUT2D eigenvalue weighted by atomic mass is 32.2. The van der Waals surface area contributed by atoms with Crippen LogP contribution >= 0.6 is 11.8 Å². The van der Waals surface area contributed by atoms with Gasteiger partial charge in [-0.2, -0.15) is 0 Å². The van der Waals surface area contributed by atoms with Crippen molar-refractivity contribution in [2.24, 2.45) is 0 Å². The summed E-state index contributed by atoms with van der Waals surface area (Å²) >= 11 is 1.40. The van der Waals surface area contributed by atoms with Crippen LogP contribution in [-0.2, 0) is 22.6 Å². The predicted molar refractivity (Wildman–Crippen MR) is 118 cm³/mol. The summed E-state index contributed by atoms with van der Waals surface area (Å²) in [6.07, 6.45) is 3.45. The first-order valence-corrected chi connectivity index (χ1v) is 10.9. The number of hydrogen-bond donors (Lipinski definition) is 0. The Kier molecular flexibility index (Phi) is 7.98. The summed E-state index contributed by atoms with van der Waals surface area (Å²) in [5.41, 5.74) is 2.05. The minimum atomic E-state index is 0.0746. The van der Waals surface area contributed by atoms with Gasteiger partial charge in [0.1, 0.15) is 0 Å². The molecule has 3 rings (SSSR count). The molecule has 0 radical (unpaired) electrons. The number of carbonyl (C=O) groups is 1. The van der Waals surface area contributed by atoms with Crippen molar-refractivity contribution in [1.82, 2.24) is 24.6 Å². The Morgan fingerprint density at radius 3 is 2.53 bits per heavy atom. The molecule has 2 heterocycles. The summed E-state index contributed by atoms with van der Waals surface area (Å²) in [5.74, 6) is 1.12. The number of nitrogens with zero attached hydrogens (tertiary/aromatic N) is 5. The minimum Gasteiger partial charge on any atom is -0.383 e. The maximum absolute atomic E-state index is 13.0. The molecule has 0 fully saturated rings. The lowest BCUT2D eigenvalue weighted by Crippen LogP contribution is -2.37. The Balaban J connectivity index is 1.73. The van der Waals surface area contributed by atoms with E-state index < -0.39 is 0 Å². The van der Waals surface area contributed by atoms with Gasteiger partial charge in [0, 0.05) is 37.7 Å². The van der Waals surface area contributed by atoms with Crippen LogP contribution in [0.2, 0.25) is 0 Å². The molecule has 0 saturated heterocycles. The zero-order valence-corrected chi connectivity index (χ0v) is 18.4. The van der Waals surface area contributed by atoms with E-state index in [9.17, 15) is 4.79 Å². The Morgan fingerprint density at radius 1 is 1.13 bits per heavy atom. The molecule has 1 aromatic carbocycles. The maximum atomic E-state index is 13.0. The van der Waals surface area contributed by atoms with Crippen molar-refractivity contribution in [3.05, 3.63) is 60.4 Å². The van der Waals surface area contributed by atoms with Gasteiger partial charge < -0.3 is 9.64 Å². The van der Waals surface area contributed by atoms with Crippen molar-refractivity contribution in [2.45, 2.75) is 38.1 Å². The van der Waals surface area contributed by atoms with Gasteiger partial charge in [0.15, 0.2) is 11.0 Å². The second-order valence-electron chi connectivity index (χ2n) is 7.08. The SMILES string of the molecule is COCCn1c(SCC(=O)N(Cc2ccccc2)C(C)C)nnc1-c1ccncc1. The van der Waals surface area contributed by atoms with Crippen LogP contribution in [0.3, 0.4) is 0 Å². The van der Waals surface area contributed by atoms with Crippen LogP contribution in [0.5, 0.6) is 0 Å². The van der Waals surface area contributed by atoms with Crippen molar-refractivity contribution in [3.63, 3.8) is 0 Å². The molecule has 0 atom stereocenters. The number of amides is 1. The number of methoxy groups -OCH3 is 1. The Hall–Kier alpha value is -2.71. The number of benzene rings is 1. The second kappa shape index (κ2) is 10.9. The van der Waals surface area contributed by atoms with Crippen molar-refractivity contribution in [1.29, 1.82) is 0 Å². The van der Waals surface area contributed by atoms with E-state index in [2.05, 4.69) is 15.2 Å². The highest BCUT2D eigenvalue weighted by Gasteiger charge is 2.20. The highest BCUT2D eigenvalue weighted by Crippen LogP contribution is 2.24. The van der Waals surface area contributed by atoms with Crippen LogP contribution in [0.1, 0.15) is 19.4 Å². The molecule has 2 aromatic heterocycles. The molecule has 8 heteroatoms. The summed E-state index contributed by atoms with van der Waals surface area (Å²) in [4.78, 5) is 18.9. The molecule has 0 aliphatic rings. The zero-order valence-electron chi connectivity index (χ0n) is 17.6. The van der Waals surface area contributed by atoms with Crippen LogP contribution in [0, 0.1) is 0 Å². The van der Waals surface area contributed by atoms with Crippen LogP contribution in [0.4, 0.5) is 0 Å². The quantitative estimate of drug-likeness (QED) is 0.463. The zero-order chi connectivity index (χ0) is 21.3. The number of rotatable bonds is 10. The van der Waals surface area contributed by atoms with Crippen molar-refractivity contribution < 1.29 is 9.53 Å². The fraction of sp³-hybridized carbons (Fsp3) is 0.364. The smallest absolute Gasteiger partial charge is 0.233 e. The number of pyridine rings is 1. The summed E-state index contributed by atoms with van der Waals surface area (Å²) in [5, 5.41) is 9.39. The summed E-state index contributed by atoms with van der Waals surface area (Å²) in [7, 11) is 1.66. The van der Waals surface area contributed by atoms with E-state index in [1.54, 1.807) is 19.5 Å². The topological polar surface area (TPSA) is 73.1 Å². The average Bonchev–Trinajstić information content (AvgIpc) is 3.18. The lowest BCUT2D eigenvalue weighted by atomic mass is 10.2. The van der Waals surface area contributed by atoms with Gasteiger partial charge in [0.05, 0.1) is 18.9 Å². The predicted octanol–water partition coefficient (Wildman–Crippen LogP) is 3.52. The van der Waals surface area contributed by atoms with Gasteiger partial charge in [-0.1, -0.05) is 42.1 Å². The Labute approximate surface area is 181 Å². The van der Waals surface area contributed by atoms with Gasteiger partial charge in [-0.25, -0.2) is 0 Å². The molecule has 0 spiro atoms. The van der Waals surface area contributed by atoms with E-state index in [4.69, 9.17) is 4.74 Å². The third-order valence-electron chi connectivity index (χ3n) is 4.64. The van der Waals surface area contributed by atoms with E-state index >= 15 is 0 Å². The molecular formula is C22H27N5O2S. The third-order valence-corrected chi connectivity index (χ3v) is 5.59. The molecule has 158 valence electrons. The molecule has 1 amide bonds. The van der Waals surface area contributed by atoms with Gasteiger partial charge in [0.2, 0.25) is 5.91 Å². The first-order valence-electron chi connectivity index (χ1n) is 9.89. The Morgan fingerprint density at radius 2 is 1.87 bits per heavy atom. The maximum Gasteiger partial charge on any atom is 0.233 e. The molecule has 0 N–H and O–H groups in total. The van der Waals surface area contributed by atoms with E-state index in [-0.39, 0.29) is 11.9 Å². The largest absolute Gasteiger partial charge is 0.383 e. The number of aromatic nitrogens is 4. The monoisotopic (exact) mass is 425 g/mol. The first-order chi connectivity index (χ1) is 14.6. The lowest BCUT2D eigenvalue weighted by molar-refractivity contribution is -0.130.